The minimum absolute atomic E-state index is 1.10. The van der Waals surface area contributed by atoms with Crippen LogP contribution in [0.1, 0.15) is 12.0 Å². The summed E-state index contributed by atoms with van der Waals surface area (Å²) >= 11 is 0. The standard InChI is InChI=1S/C16H18N2/c1-17-14-8-4-9-15(12-14)18-11-5-7-13-6-2-3-10-16(13)18/h2-4,6,8-10,12,17H,5,7,11H2,1H3. The summed E-state index contributed by atoms with van der Waals surface area (Å²) in [5.74, 6) is 0. The highest BCUT2D eigenvalue weighted by Crippen LogP contribution is 2.34. The molecule has 0 spiro atoms. The molecule has 0 atom stereocenters. The van der Waals surface area contributed by atoms with Gasteiger partial charge in [0.1, 0.15) is 0 Å². The number of benzene rings is 2. The predicted octanol–water partition coefficient (Wildman–Crippen LogP) is 3.81. The summed E-state index contributed by atoms with van der Waals surface area (Å²) in [6.07, 6.45) is 2.42. The second-order valence-corrected chi connectivity index (χ2v) is 4.68. The first kappa shape index (κ1) is 11.1. The number of rotatable bonds is 2. The molecule has 1 heterocycles. The van der Waals surface area contributed by atoms with Crippen molar-refractivity contribution in [2.45, 2.75) is 12.8 Å². The fraction of sp³-hybridized carbons (Fsp3) is 0.250. The summed E-state index contributed by atoms with van der Waals surface area (Å²) in [7, 11) is 1.96. The molecule has 0 fully saturated rings. The number of anilines is 3. The Kier molecular flexibility index (Phi) is 2.93. The molecule has 2 aromatic carbocycles. The van der Waals surface area contributed by atoms with E-state index in [1.807, 2.05) is 7.05 Å². The number of nitrogens with one attached hydrogen (secondary N) is 1. The SMILES string of the molecule is CNc1cccc(N2CCCc3ccccc32)c1. The van der Waals surface area contributed by atoms with Crippen molar-refractivity contribution in [2.24, 2.45) is 0 Å². The van der Waals surface area contributed by atoms with Crippen molar-refractivity contribution < 1.29 is 0 Å². The van der Waals surface area contributed by atoms with Crippen LogP contribution in [-0.2, 0) is 6.42 Å². The Morgan fingerprint density at radius 3 is 2.83 bits per heavy atom. The van der Waals surface area contributed by atoms with Gasteiger partial charge < -0.3 is 10.2 Å². The van der Waals surface area contributed by atoms with E-state index in [1.54, 1.807) is 0 Å². The van der Waals surface area contributed by atoms with Crippen molar-refractivity contribution in [1.29, 1.82) is 0 Å². The Balaban J connectivity index is 2.02. The average Bonchev–Trinajstić information content (AvgIpc) is 2.47. The smallest absolute Gasteiger partial charge is 0.0443 e. The zero-order valence-corrected chi connectivity index (χ0v) is 10.7. The number of para-hydroxylation sites is 1. The van der Waals surface area contributed by atoms with E-state index >= 15 is 0 Å². The van der Waals surface area contributed by atoms with Crippen molar-refractivity contribution >= 4 is 17.1 Å². The molecule has 18 heavy (non-hydrogen) atoms. The van der Waals surface area contributed by atoms with Gasteiger partial charge in [-0.25, -0.2) is 0 Å². The van der Waals surface area contributed by atoms with Crippen LogP contribution in [0.5, 0.6) is 0 Å². The highest BCUT2D eigenvalue weighted by Gasteiger charge is 2.17. The van der Waals surface area contributed by atoms with Gasteiger partial charge in [-0.15, -0.1) is 0 Å². The van der Waals surface area contributed by atoms with Crippen LogP contribution in [-0.4, -0.2) is 13.6 Å². The van der Waals surface area contributed by atoms with Gasteiger partial charge in [0.2, 0.25) is 0 Å². The van der Waals surface area contributed by atoms with Crippen LogP contribution in [0.4, 0.5) is 17.1 Å². The van der Waals surface area contributed by atoms with Gasteiger partial charge in [-0.1, -0.05) is 24.3 Å². The quantitative estimate of drug-likeness (QED) is 0.855. The van der Waals surface area contributed by atoms with Gasteiger partial charge in [0.15, 0.2) is 0 Å². The first-order chi connectivity index (χ1) is 8.88. The average molecular weight is 238 g/mol. The zero-order valence-electron chi connectivity index (χ0n) is 10.7. The Morgan fingerprint density at radius 1 is 1.06 bits per heavy atom. The normalized spacial score (nSPS) is 14.2. The summed E-state index contributed by atoms with van der Waals surface area (Å²) in [5.41, 5.74) is 5.25. The van der Waals surface area contributed by atoms with Crippen molar-refractivity contribution in [1.82, 2.24) is 0 Å². The second kappa shape index (κ2) is 4.73. The summed E-state index contributed by atoms with van der Waals surface area (Å²) in [4.78, 5) is 2.42. The molecule has 1 N–H and O–H groups in total. The van der Waals surface area contributed by atoms with E-state index in [2.05, 4.69) is 58.7 Å². The third-order valence-corrected chi connectivity index (χ3v) is 3.56. The lowest BCUT2D eigenvalue weighted by Gasteiger charge is -2.31. The molecule has 3 rings (SSSR count). The summed E-state index contributed by atoms with van der Waals surface area (Å²) in [5, 5.41) is 3.20. The molecule has 0 aromatic heterocycles. The monoisotopic (exact) mass is 238 g/mol. The third kappa shape index (κ3) is 1.94. The van der Waals surface area contributed by atoms with Gasteiger partial charge in [0, 0.05) is 30.7 Å². The van der Waals surface area contributed by atoms with E-state index < -0.39 is 0 Å². The van der Waals surface area contributed by atoms with Crippen LogP contribution in [0.3, 0.4) is 0 Å². The number of aryl methyl sites for hydroxylation is 1. The molecule has 0 unspecified atom stereocenters. The first-order valence-electron chi connectivity index (χ1n) is 6.52. The molecular formula is C16H18N2. The lowest BCUT2D eigenvalue weighted by Crippen LogP contribution is -2.24. The Bertz CT molecular complexity index is 548. The van der Waals surface area contributed by atoms with Crippen LogP contribution >= 0.6 is 0 Å². The van der Waals surface area contributed by atoms with Crippen LogP contribution in [0.25, 0.3) is 0 Å². The highest BCUT2D eigenvalue weighted by atomic mass is 15.1. The Morgan fingerprint density at radius 2 is 1.94 bits per heavy atom. The third-order valence-electron chi connectivity index (χ3n) is 3.56. The minimum Gasteiger partial charge on any atom is -0.388 e. The number of hydrogen-bond acceptors (Lipinski definition) is 2. The van der Waals surface area contributed by atoms with Crippen LogP contribution in [0, 0.1) is 0 Å². The molecule has 0 radical (unpaired) electrons. The first-order valence-corrected chi connectivity index (χ1v) is 6.52. The van der Waals surface area contributed by atoms with Crippen molar-refractivity contribution in [3.8, 4) is 0 Å². The maximum absolute atomic E-state index is 3.20. The van der Waals surface area contributed by atoms with Crippen molar-refractivity contribution in [2.75, 3.05) is 23.8 Å². The second-order valence-electron chi connectivity index (χ2n) is 4.68. The molecule has 0 amide bonds. The molecule has 1 aliphatic rings. The number of fused-ring (bicyclic) bond motifs is 1. The Labute approximate surface area is 108 Å². The Hall–Kier alpha value is -1.96. The molecule has 0 aliphatic carbocycles. The predicted molar refractivity (Wildman–Crippen MR) is 77.8 cm³/mol. The lowest BCUT2D eigenvalue weighted by atomic mass is 10.0. The van der Waals surface area contributed by atoms with E-state index in [0.717, 1.165) is 12.2 Å². The maximum Gasteiger partial charge on any atom is 0.0443 e. The maximum atomic E-state index is 3.20. The van der Waals surface area contributed by atoms with E-state index in [1.165, 1.54) is 29.8 Å². The number of nitrogens with zero attached hydrogens (tertiary/aromatic N) is 1. The van der Waals surface area contributed by atoms with Gasteiger partial charge in [0.25, 0.3) is 0 Å². The molecule has 2 aromatic rings. The molecule has 2 heteroatoms. The summed E-state index contributed by atoms with van der Waals surface area (Å²) in [6, 6.07) is 17.3. The van der Waals surface area contributed by atoms with Crippen LogP contribution < -0.4 is 10.2 Å². The molecule has 1 aliphatic heterocycles. The van der Waals surface area contributed by atoms with E-state index in [-0.39, 0.29) is 0 Å². The van der Waals surface area contributed by atoms with Crippen LogP contribution in [0.2, 0.25) is 0 Å². The van der Waals surface area contributed by atoms with E-state index in [0.29, 0.717) is 0 Å². The van der Waals surface area contributed by atoms with Crippen LogP contribution in [0.15, 0.2) is 48.5 Å². The van der Waals surface area contributed by atoms with E-state index in [9.17, 15) is 0 Å². The van der Waals surface area contributed by atoms with Gasteiger partial charge in [-0.2, -0.15) is 0 Å². The van der Waals surface area contributed by atoms with E-state index in [4.69, 9.17) is 0 Å². The summed E-state index contributed by atoms with van der Waals surface area (Å²) in [6.45, 7) is 1.10. The molecule has 0 saturated carbocycles. The molecule has 0 bridgehead atoms. The highest BCUT2D eigenvalue weighted by molar-refractivity contribution is 5.70. The zero-order chi connectivity index (χ0) is 12.4. The van der Waals surface area contributed by atoms with Crippen molar-refractivity contribution in [3.05, 3.63) is 54.1 Å². The van der Waals surface area contributed by atoms with Gasteiger partial charge in [-0.3, -0.25) is 0 Å². The topological polar surface area (TPSA) is 15.3 Å². The molecule has 2 nitrogen and oxygen atoms in total. The molecule has 0 saturated heterocycles. The van der Waals surface area contributed by atoms with Gasteiger partial charge in [-0.05, 0) is 42.7 Å². The lowest BCUT2D eigenvalue weighted by molar-refractivity contribution is 0.767. The summed E-state index contributed by atoms with van der Waals surface area (Å²) < 4.78 is 0. The number of hydrogen-bond donors (Lipinski definition) is 1. The van der Waals surface area contributed by atoms with Gasteiger partial charge >= 0.3 is 0 Å². The minimum atomic E-state index is 1.10. The largest absolute Gasteiger partial charge is 0.388 e. The molecular weight excluding hydrogens is 220 g/mol. The fourth-order valence-electron chi connectivity index (χ4n) is 2.63. The molecule has 92 valence electrons. The van der Waals surface area contributed by atoms with Crippen molar-refractivity contribution in [3.63, 3.8) is 0 Å². The van der Waals surface area contributed by atoms with Gasteiger partial charge in [0.05, 0.1) is 0 Å². The fourth-order valence-corrected chi connectivity index (χ4v) is 2.63.